The minimum Gasteiger partial charge on any atom is -0.469 e. The van der Waals surface area contributed by atoms with Gasteiger partial charge in [0.2, 0.25) is 5.91 Å². The van der Waals surface area contributed by atoms with Crippen molar-refractivity contribution >= 4 is 35.2 Å². The minimum atomic E-state index is -0.604. The summed E-state index contributed by atoms with van der Waals surface area (Å²) in [6.07, 6.45) is 5.66. The molecular formula is C20H25ClN2O3S. The monoisotopic (exact) mass is 408 g/mol. The summed E-state index contributed by atoms with van der Waals surface area (Å²) in [7, 11) is 0. The van der Waals surface area contributed by atoms with Gasteiger partial charge in [-0.15, -0.1) is 0 Å². The SMILES string of the molecule is CSCCC(NC(=O)c1ccccc1Cl)C(=O)NC(C)CCc1ccco1. The van der Waals surface area contributed by atoms with Crippen molar-refractivity contribution in [3.8, 4) is 0 Å². The summed E-state index contributed by atoms with van der Waals surface area (Å²) >= 11 is 7.72. The Morgan fingerprint density at radius 3 is 2.59 bits per heavy atom. The van der Waals surface area contributed by atoms with Gasteiger partial charge < -0.3 is 15.1 Å². The van der Waals surface area contributed by atoms with E-state index in [1.54, 1.807) is 42.3 Å². The molecule has 5 nitrogen and oxygen atoms in total. The van der Waals surface area contributed by atoms with Gasteiger partial charge in [-0.2, -0.15) is 11.8 Å². The van der Waals surface area contributed by atoms with Gasteiger partial charge in [0, 0.05) is 12.5 Å². The largest absolute Gasteiger partial charge is 0.469 e. The van der Waals surface area contributed by atoms with E-state index >= 15 is 0 Å². The number of amides is 2. The van der Waals surface area contributed by atoms with E-state index in [4.69, 9.17) is 16.0 Å². The number of aryl methyl sites for hydroxylation is 1. The number of hydrogen-bond donors (Lipinski definition) is 2. The smallest absolute Gasteiger partial charge is 0.253 e. The fraction of sp³-hybridized carbons (Fsp3) is 0.400. The van der Waals surface area contributed by atoms with Crippen molar-refractivity contribution in [1.82, 2.24) is 10.6 Å². The Hall–Kier alpha value is -1.92. The molecule has 2 aromatic rings. The number of nitrogens with one attached hydrogen (secondary N) is 2. The highest BCUT2D eigenvalue weighted by Gasteiger charge is 2.23. The molecule has 0 aliphatic heterocycles. The van der Waals surface area contributed by atoms with Gasteiger partial charge in [0.1, 0.15) is 11.8 Å². The Kier molecular flexibility index (Phi) is 8.75. The Morgan fingerprint density at radius 1 is 1.15 bits per heavy atom. The van der Waals surface area contributed by atoms with E-state index in [1.807, 2.05) is 25.3 Å². The second-order valence-corrected chi connectivity index (χ2v) is 7.71. The lowest BCUT2D eigenvalue weighted by Gasteiger charge is -2.21. The molecular weight excluding hydrogens is 384 g/mol. The number of carbonyl (C=O) groups excluding carboxylic acids is 2. The molecule has 0 saturated carbocycles. The maximum absolute atomic E-state index is 12.7. The summed E-state index contributed by atoms with van der Waals surface area (Å²) in [5, 5.41) is 6.17. The van der Waals surface area contributed by atoms with E-state index in [0.29, 0.717) is 17.0 Å². The third-order valence-electron chi connectivity index (χ3n) is 4.14. The number of benzene rings is 1. The molecule has 2 N–H and O–H groups in total. The molecule has 0 fully saturated rings. The van der Waals surface area contributed by atoms with Crippen molar-refractivity contribution in [2.24, 2.45) is 0 Å². The van der Waals surface area contributed by atoms with E-state index in [-0.39, 0.29) is 17.9 Å². The number of rotatable bonds is 10. The molecule has 0 radical (unpaired) electrons. The molecule has 0 spiro atoms. The zero-order chi connectivity index (χ0) is 19.6. The molecule has 1 aromatic heterocycles. The molecule has 2 atom stereocenters. The molecule has 2 amide bonds. The molecule has 146 valence electrons. The lowest BCUT2D eigenvalue weighted by molar-refractivity contribution is -0.123. The van der Waals surface area contributed by atoms with Crippen molar-refractivity contribution in [2.75, 3.05) is 12.0 Å². The van der Waals surface area contributed by atoms with Crippen molar-refractivity contribution in [1.29, 1.82) is 0 Å². The standard InChI is InChI=1S/C20H25ClN2O3S/c1-14(9-10-15-6-5-12-26-15)22-20(25)18(11-13-27-2)23-19(24)16-7-3-4-8-17(16)21/h3-8,12,14,18H,9-11,13H2,1-2H3,(H,22,25)(H,23,24). The highest BCUT2D eigenvalue weighted by atomic mass is 35.5. The number of furan rings is 1. The molecule has 1 aromatic carbocycles. The lowest BCUT2D eigenvalue weighted by Crippen LogP contribution is -2.49. The van der Waals surface area contributed by atoms with E-state index in [1.165, 1.54) is 0 Å². The summed E-state index contributed by atoms with van der Waals surface area (Å²) < 4.78 is 5.32. The zero-order valence-electron chi connectivity index (χ0n) is 15.5. The van der Waals surface area contributed by atoms with Gasteiger partial charge >= 0.3 is 0 Å². The van der Waals surface area contributed by atoms with Gasteiger partial charge in [-0.3, -0.25) is 9.59 Å². The van der Waals surface area contributed by atoms with Crippen LogP contribution in [0.3, 0.4) is 0 Å². The average molecular weight is 409 g/mol. The Bertz CT molecular complexity index is 737. The van der Waals surface area contributed by atoms with E-state index in [9.17, 15) is 9.59 Å². The number of halogens is 1. The van der Waals surface area contributed by atoms with Crippen LogP contribution in [0.5, 0.6) is 0 Å². The van der Waals surface area contributed by atoms with Gasteiger partial charge in [0.25, 0.3) is 5.91 Å². The van der Waals surface area contributed by atoms with Crippen LogP contribution in [-0.2, 0) is 11.2 Å². The second kappa shape index (κ2) is 11.0. The summed E-state index contributed by atoms with van der Waals surface area (Å²) in [6.45, 7) is 1.95. The lowest BCUT2D eigenvalue weighted by atomic mass is 10.1. The second-order valence-electron chi connectivity index (χ2n) is 6.32. The summed E-state index contributed by atoms with van der Waals surface area (Å²) in [4.78, 5) is 25.2. The molecule has 0 bridgehead atoms. The first-order chi connectivity index (χ1) is 13.0. The molecule has 0 saturated heterocycles. The van der Waals surface area contributed by atoms with Gasteiger partial charge in [0.15, 0.2) is 0 Å². The zero-order valence-corrected chi connectivity index (χ0v) is 17.1. The molecule has 2 rings (SSSR count). The highest BCUT2D eigenvalue weighted by molar-refractivity contribution is 7.98. The quantitative estimate of drug-likeness (QED) is 0.625. The predicted molar refractivity (Wildman–Crippen MR) is 110 cm³/mol. The first-order valence-electron chi connectivity index (χ1n) is 8.88. The maximum atomic E-state index is 12.7. The molecule has 7 heteroatoms. The van der Waals surface area contributed by atoms with Crippen LogP contribution in [0.25, 0.3) is 0 Å². The summed E-state index contributed by atoms with van der Waals surface area (Å²) in [6, 6.07) is 9.94. The van der Waals surface area contributed by atoms with Gasteiger partial charge in [-0.05, 0) is 56.0 Å². The van der Waals surface area contributed by atoms with Crippen LogP contribution >= 0.6 is 23.4 Å². The molecule has 2 unspecified atom stereocenters. The van der Waals surface area contributed by atoms with E-state index < -0.39 is 6.04 Å². The predicted octanol–water partition coefficient (Wildman–Crippen LogP) is 3.92. The normalized spacial score (nSPS) is 13.0. The van der Waals surface area contributed by atoms with Crippen LogP contribution in [0.1, 0.15) is 35.9 Å². The van der Waals surface area contributed by atoms with Crippen molar-refractivity contribution < 1.29 is 14.0 Å². The maximum Gasteiger partial charge on any atom is 0.253 e. The van der Waals surface area contributed by atoms with Crippen LogP contribution in [-0.4, -0.2) is 35.9 Å². The number of carbonyl (C=O) groups is 2. The van der Waals surface area contributed by atoms with Crippen LogP contribution in [0.2, 0.25) is 5.02 Å². The fourth-order valence-corrected chi connectivity index (χ4v) is 3.31. The molecule has 0 aliphatic carbocycles. The van der Waals surface area contributed by atoms with Gasteiger partial charge in [-0.25, -0.2) is 0 Å². The topological polar surface area (TPSA) is 71.3 Å². The molecule has 0 aliphatic rings. The van der Waals surface area contributed by atoms with Gasteiger partial charge in [-0.1, -0.05) is 23.7 Å². The van der Waals surface area contributed by atoms with Crippen LogP contribution in [0.4, 0.5) is 0 Å². The third-order valence-corrected chi connectivity index (χ3v) is 5.12. The molecule has 1 heterocycles. The van der Waals surface area contributed by atoms with Crippen molar-refractivity contribution in [2.45, 2.75) is 38.3 Å². The first-order valence-corrected chi connectivity index (χ1v) is 10.7. The number of hydrogen-bond acceptors (Lipinski definition) is 4. The van der Waals surface area contributed by atoms with Crippen LogP contribution in [0.15, 0.2) is 47.1 Å². The Labute approximate surface area is 169 Å². The summed E-state index contributed by atoms with van der Waals surface area (Å²) in [5.41, 5.74) is 0.368. The third kappa shape index (κ3) is 6.96. The van der Waals surface area contributed by atoms with E-state index in [2.05, 4.69) is 10.6 Å². The van der Waals surface area contributed by atoms with E-state index in [0.717, 1.165) is 24.4 Å². The fourth-order valence-electron chi connectivity index (χ4n) is 2.62. The van der Waals surface area contributed by atoms with Gasteiger partial charge in [0.05, 0.1) is 16.8 Å². The minimum absolute atomic E-state index is 0.0309. The van der Waals surface area contributed by atoms with Crippen molar-refractivity contribution in [3.05, 3.63) is 59.0 Å². The van der Waals surface area contributed by atoms with Crippen LogP contribution in [0, 0.1) is 0 Å². The van der Waals surface area contributed by atoms with Crippen LogP contribution < -0.4 is 10.6 Å². The summed E-state index contributed by atoms with van der Waals surface area (Å²) in [5.74, 6) is 1.13. The number of thioether (sulfide) groups is 1. The first kappa shape index (κ1) is 21.4. The molecule has 27 heavy (non-hydrogen) atoms. The Balaban J connectivity index is 1.94. The van der Waals surface area contributed by atoms with Crippen molar-refractivity contribution in [3.63, 3.8) is 0 Å². The Morgan fingerprint density at radius 2 is 1.93 bits per heavy atom. The average Bonchev–Trinajstić information content (AvgIpc) is 3.17. The highest BCUT2D eigenvalue weighted by Crippen LogP contribution is 2.15.